The van der Waals surface area contributed by atoms with Crippen molar-refractivity contribution in [1.29, 1.82) is 0 Å². The molecule has 0 radical (unpaired) electrons. The fourth-order valence-corrected chi connectivity index (χ4v) is 6.53. The van der Waals surface area contributed by atoms with Crippen LogP contribution in [0.3, 0.4) is 0 Å². The second-order valence-electron chi connectivity index (χ2n) is 13.5. The zero-order valence-electron chi connectivity index (χ0n) is 28.4. The fourth-order valence-electron chi connectivity index (χ4n) is 6.30. The first-order chi connectivity index (χ1) is 22.9. The topological polar surface area (TPSA) is 102 Å². The predicted octanol–water partition coefficient (Wildman–Crippen LogP) is 6.49. The van der Waals surface area contributed by atoms with Gasteiger partial charge in [-0.25, -0.2) is 9.31 Å². The molecule has 2 saturated heterocycles. The standard InChI is InChI=1S/C36H43ClN6O5/c1-23(25-7-10-29(46-6)11-8-25)42-21-26(18-33(42)44)24(2)47-32-17-27(22-43-34(32)30(37)20-39-43)31-12-9-28(19-38-31)40-13-15-41(16-14-40)35(45)48-36(3,4)5/h7-12,17,19-20,22-24,26H,13-16,18,21H2,1-6H3/t23-,24-,26-/m1/s1. The number of hydrogen-bond donors (Lipinski definition) is 0. The molecule has 11 nitrogen and oxygen atoms in total. The number of piperazine rings is 1. The van der Waals surface area contributed by atoms with Crippen molar-refractivity contribution in [3.8, 4) is 22.8 Å². The first-order valence-corrected chi connectivity index (χ1v) is 16.7. The number of fused-ring (bicyclic) bond motifs is 1. The molecular formula is C36H43ClN6O5. The van der Waals surface area contributed by atoms with E-state index in [0.717, 1.165) is 28.3 Å². The van der Waals surface area contributed by atoms with Crippen molar-refractivity contribution in [2.75, 3.05) is 44.7 Å². The Labute approximate surface area is 286 Å². The zero-order chi connectivity index (χ0) is 34.2. The van der Waals surface area contributed by atoms with Crippen LogP contribution >= 0.6 is 11.6 Å². The first-order valence-electron chi connectivity index (χ1n) is 16.4. The second kappa shape index (κ2) is 13.5. The number of nitrogens with zero attached hydrogens (tertiary/aromatic N) is 6. The average Bonchev–Trinajstić information content (AvgIpc) is 3.66. The minimum Gasteiger partial charge on any atom is -0.497 e. The van der Waals surface area contributed by atoms with Gasteiger partial charge >= 0.3 is 6.09 Å². The number of likely N-dealkylation sites (tertiary alicyclic amines) is 1. The Morgan fingerprint density at radius 1 is 1.02 bits per heavy atom. The summed E-state index contributed by atoms with van der Waals surface area (Å²) in [6, 6.07) is 13.7. The highest BCUT2D eigenvalue weighted by Crippen LogP contribution is 2.36. The molecule has 0 unspecified atom stereocenters. The molecule has 5 heterocycles. The van der Waals surface area contributed by atoms with Crippen LogP contribution < -0.4 is 14.4 Å². The van der Waals surface area contributed by atoms with Gasteiger partial charge in [0, 0.05) is 56.8 Å². The molecule has 3 atom stereocenters. The summed E-state index contributed by atoms with van der Waals surface area (Å²) >= 11 is 6.58. The summed E-state index contributed by atoms with van der Waals surface area (Å²) in [6.07, 6.45) is 5.20. The van der Waals surface area contributed by atoms with Crippen molar-refractivity contribution in [1.82, 2.24) is 24.4 Å². The smallest absolute Gasteiger partial charge is 0.410 e. The quantitative estimate of drug-likeness (QED) is 0.209. The highest BCUT2D eigenvalue weighted by molar-refractivity contribution is 6.34. The summed E-state index contributed by atoms with van der Waals surface area (Å²) in [7, 11) is 1.64. The summed E-state index contributed by atoms with van der Waals surface area (Å²) in [6.45, 7) is 12.8. The number of benzene rings is 1. The van der Waals surface area contributed by atoms with Crippen LogP contribution in [-0.4, -0.2) is 87.9 Å². The predicted molar refractivity (Wildman–Crippen MR) is 185 cm³/mol. The number of rotatable bonds is 8. The Balaban J connectivity index is 1.14. The lowest BCUT2D eigenvalue weighted by Crippen LogP contribution is -2.50. The highest BCUT2D eigenvalue weighted by Gasteiger charge is 2.37. The van der Waals surface area contributed by atoms with Crippen molar-refractivity contribution in [3.63, 3.8) is 0 Å². The van der Waals surface area contributed by atoms with Crippen molar-refractivity contribution in [2.45, 2.75) is 58.8 Å². The van der Waals surface area contributed by atoms with E-state index in [9.17, 15) is 9.59 Å². The molecule has 4 aromatic rings. The summed E-state index contributed by atoms with van der Waals surface area (Å²) in [5.41, 5.74) is 3.76. The van der Waals surface area contributed by atoms with Crippen LogP contribution in [0.2, 0.25) is 5.02 Å². The molecule has 0 N–H and O–H groups in total. The van der Waals surface area contributed by atoms with E-state index in [4.69, 9.17) is 30.8 Å². The van der Waals surface area contributed by atoms with Crippen LogP contribution in [0, 0.1) is 5.92 Å². The summed E-state index contributed by atoms with van der Waals surface area (Å²) in [4.78, 5) is 36.3. The molecule has 6 rings (SSSR count). The van der Waals surface area contributed by atoms with Crippen molar-refractivity contribution >= 4 is 34.8 Å². The molecule has 0 spiro atoms. The lowest BCUT2D eigenvalue weighted by molar-refractivity contribution is -0.129. The SMILES string of the molecule is COc1ccc([C@@H](C)N2C[C@H]([C@@H](C)Oc3cc(-c4ccc(N5CCN(C(=O)OC(C)(C)C)CC5)cn4)cn4ncc(Cl)c34)CC2=O)cc1. The Kier molecular flexibility index (Phi) is 9.42. The summed E-state index contributed by atoms with van der Waals surface area (Å²) in [5, 5.41) is 4.93. The third-order valence-corrected chi connectivity index (χ3v) is 9.38. The van der Waals surface area contributed by atoms with Crippen molar-refractivity contribution in [3.05, 3.63) is 71.6 Å². The van der Waals surface area contributed by atoms with Crippen LogP contribution in [0.1, 0.15) is 52.6 Å². The van der Waals surface area contributed by atoms with Gasteiger partial charge in [0.25, 0.3) is 0 Å². The van der Waals surface area contributed by atoms with E-state index >= 15 is 0 Å². The van der Waals surface area contributed by atoms with Crippen LogP contribution in [0.15, 0.2) is 61.1 Å². The van der Waals surface area contributed by atoms with E-state index in [1.54, 1.807) is 22.7 Å². The van der Waals surface area contributed by atoms with E-state index in [1.807, 2.05) is 87.5 Å². The molecule has 2 aliphatic rings. The lowest BCUT2D eigenvalue weighted by Gasteiger charge is -2.36. The normalized spacial score (nSPS) is 18.3. The molecule has 0 bridgehead atoms. The number of anilines is 1. The van der Waals surface area contributed by atoms with Gasteiger partial charge in [0.15, 0.2) is 0 Å². The van der Waals surface area contributed by atoms with E-state index < -0.39 is 5.60 Å². The fraction of sp³-hybridized carbons (Fsp3) is 0.444. The monoisotopic (exact) mass is 674 g/mol. The third kappa shape index (κ3) is 7.16. The van der Waals surface area contributed by atoms with Gasteiger partial charge in [0.05, 0.1) is 41.9 Å². The van der Waals surface area contributed by atoms with Gasteiger partial charge in [-0.3, -0.25) is 9.78 Å². The molecule has 1 aromatic carbocycles. The molecule has 12 heteroatoms. The molecule has 2 amide bonds. The van der Waals surface area contributed by atoms with Gasteiger partial charge in [-0.1, -0.05) is 23.7 Å². The number of pyridine rings is 2. The Morgan fingerprint density at radius 3 is 2.40 bits per heavy atom. The van der Waals surface area contributed by atoms with Crippen LogP contribution in [-0.2, 0) is 9.53 Å². The van der Waals surface area contributed by atoms with Gasteiger partial charge in [0.1, 0.15) is 28.7 Å². The van der Waals surface area contributed by atoms with Gasteiger partial charge in [-0.2, -0.15) is 5.10 Å². The maximum absolute atomic E-state index is 13.2. The lowest BCUT2D eigenvalue weighted by atomic mass is 10.0. The van der Waals surface area contributed by atoms with Crippen molar-refractivity contribution < 1.29 is 23.8 Å². The van der Waals surface area contributed by atoms with E-state index in [0.29, 0.717) is 55.4 Å². The Hall–Kier alpha value is -4.51. The number of ether oxygens (including phenoxy) is 3. The molecule has 2 fully saturated rings. The summed E-state index contributed by atoms with van der Waals surface area (Å²) < 4.78 is 19.1. The molecule has 0 aliphatic carbocycles. The number of aromatic nitrogens is 3. The maximum Gasteiger partial charge on any atom is 0.410 e. The Bertz CT molecular complexity index is 1760. The summed E-state index contributed by atoms with van der Waals surface area (Å²) in [5.74, 6) is 1.47. The van der Waals surface area contributed by atoms with Gasteiger partial charge in [-0.05, 0) is 70.5 Å². The van der Waals surface area contributed by atoms with E-state index in [2.05, 4.69) is 16.9 Å². The largest absolute Gasteiger partial charge is 0.497 e. The number of carbonyl (C=O) groups is 2. The molecule has 2 aliphatic heterocycles. The third-order valence-electron chi connectivity index (χ3n) is 9.10. The number of hydrogen-bond acceptors (Lipinski definition) is 8. The van der Waals surface area contributed by atoms with Crippen molar-refractivity contribution in [2.24, 2.45) is 5.92 Å². The number of amides is 2. The molecular weight excluding hydrogens is 632 g/mol. The van der Waals surface area contributed by atoms with Crippen LogP contribution in [0.4, 0.5) is 10.5 Å². The second-order valence-corrected chi connectivity index (χ2v) is 13.9. The molecule has 254 valence electrons. The van der Waals surface area contributed by atoms with E-state index in [1.165, 1.54) is 0 Å². The maximum atomic E-state index is 13.2. The van der Waals surface area contributed by atoms with E-state index in [-0.39, 0.29) is 30.1 Å². The van der Waals surface area contributed by atoms with Gasteiger partial charge in [0.2, 0.25) is 5.91 Å². The average molecular weight is 675 g/mol. The number of methoxy groups -OCH3 is 1. The van der Waals surface area contributed by atoms with Crippen LogP contribution in [0.25, 0.3) is 16.8 Å². The Morgan fingerprint density at radius 2 is 1.75 bits per heavy atom. The number of halogens is 1. The van der Waals surface area contributed by atoms with Gasteiger partial charge in [-0.15, -0.1) is 0 Å². The number of carbonyl (C=O) groups excluding carboxylic acids is 2. The van der Waals surface area contributed by atoms with Crippen LogP contribution in [0.5, 0.6) is 11.5 Å². The minimum absolute atomic E-state index is 0.00297. The van der Waals surface area contributed by atoms with Gasteiger partial charge < -0.3 is 28.9 Å². The molecule has 3 aromatic heterocycles. The molecule has 0 saturated carbocycles. The highest BCUT2D eigenvalue weighted by atomic mass is 35.5. The zero-order valence-corrected chi connectivity index (χ0v) is 29.1. The minimum atomic E-state index is -0.519. The first kappa shape index (κ1) is 33.4. The molecule has 48 heavy (non-hydrogen) atoms.